The Kier molecular flexibility index (Phi) is 8.23. The highest BCUT2D eigenvalue weighted by atomic mass is 16.6. The van der Waals surface area contributed by atoms with Gasteiger partial charge in [-0.2, -0.15) is 0 Å². The Balaban J connectivity index is 1.40. The van der Waals surface area contributed by atoms with Crippen LogP contribution in [0.4, 0.5) is 4.79 Å². The van der Waals surface area contributed by atoms with Crippen molar-refractivity contribution >= 4 is 23.9 Å². The Morgan fingerprint density at radius 3 is 1.36 bits per heavy atom. The molecule has 0 unspecified atom stereocenters. The number of nitrogens with zero attached hydrogens (tertiary/aromatic N) is 3. The van der Waals surface area contributed by atoms with Crippen LogP contribution in [0, 0.1) is 17.8 Å². The number of hydrogen-bond acceptors (Lipinski definition) is 6. The van der Waals surface area contributed by atoms with Gasteiger partial charge in [-0.15, -0.1) is 0 Å². The van der Waals surface area contributed by atoms with Crippen molar-refractivity contribution in [1.29, 1.82) is 0 Å². The monoisotopic (exact) mass is 465 g/mol. The van der Waals surface area contributed by atoms with E-state index >= 15 is 0 Å². The molecule has 0 atom stereocenters. The first-order valence-electron chi connectivity index (χ1n) is 12.2. The van der Waals surface area contributed by atoms with E-state index in [9.17, 15) is 19.2 Å². The van der Waals surface area contributed by atoms with Crippen molar-refractivity contribution < 1.29 is 28.7 Å². The van der Waals surface area contributed by atoms with Crippen LogP contribution in [0.1, 0.15) is 59.3 Å². The van der Waals surface area contributed by atoms with Crippen LogP contribution in [0.5, 0.6) is 0 Å². The molecule has 3 aliphatic rings. The number of methoxy groups -OCH3 is 1. The molecule has 0 aromatic rings. The predicted molar refractivity (Wildman–Crippen MR) is 121 cm³/mol. The van der Waals surface area contributed by atoms with Gasteiger partial charge in [0, 0.05) is 51.1 Å². The van der Waals surface area contributed by atoms with E-state index in [1.165, 1.54) is 7.11 Å². The summed E-state index contributed by atoms with van der Waals surface area (Å²) in [5, 5.41) is 0. The van der Waals surface area contributed by atoms with Crippen molar-refractivity contribution in [3.05, 3.63) is 0 Å². The van der Waals surface area contributed by atoms with E-state index < -0.39 is 5.60 Å². The number of rotatable bonds is 3. The lowest BCUT2D eigenvalue weighted by Crippen LogP contribution is -2.49. The normalized spacial score (nSPS) is 21.6. The standard InChI is InChI=1S/C24H39N3O6/c1-24(2,3)33-23(31)27-15-7-18(8-16-27)21(29)25-11-5-17(6-12-25)20(28)26-13-9-19(10-14-26)22(30)32-4/h17-19H,5-16H2,1-4H3. The summed E-state index contributed by atoms with van der Waals surface area (Å²) in [7, 11) is 1.40. The van der Waals surface area contributed by atoms with Gasteiger partial charge >= 0.3 is 12.1 Å². The van der Waals surface area contributed by atoms with Crippen molar-refractivity contribution in [3.63, 3.8) is 0 Å². The SMILES string of the molecule is COC(=O)C1CCN(C(=O)C2CCN(C(=O)C3CCN(C(=O)OC(C)(C)C)CC3)CC2)CC1. The second-order valence-corrected chi connectivity index (χ2v) is 10.5. The fraction of sp³-hybridized carbons (Fsp3) is 0.833. The van der Waals surface area contributed by atoms with Gasteiger partial charge in [0.15, 0.2) is 0 Å². The van der Waals surface area contributed by atoms with Gasteiger partial charge in [0.25, 0.3) is 0 Å². The zero-order chi connectivity index (χ0) is 24.2. The number of likely N-dealkylation sites (tertiary alicyclic amines) is 3. The van der Waals surface area contributed by atoms with E-state index in [4.69, 9.17) is 9.47 Å². The number of hydrogen-bond donors (Lipinski definition) is 0. The molecule has 0 bridgehead atoms. The maximum absolute atomic E-state index is 13.0. The molecule has 0 radical (unpaired) electrons. The molecule has 0 saturated carbocycles. The van der Waals surface area contributed by atoms with Gasteiger partial charge in [0.1, 0.15) is 5.60 Å². The highest BCUT2D eigenvalue weighted by Gasteiger charge is 2.36. The zero-order valence-electron chi connectivity index (χ0n) is 20.5. The number of amides is 3. The Bertz CT molecular complexity index is 725. The third-order valence-corrected chi connectivity index (χ3v) is 6.99. The van der Waals surface area contributed by atoms with Gasteiger partial charge in [-0.3, -0.25) is 14.4 Å². The van der Waals surface area contributed by atoms with Gasteiger partial charge in [-0.25, -0.2) is 4.79 Å². The van der Waals surface area contributed by atoms with Gasteiger partial charge in [0.2, 0.25) is 11.8 Å². The third kappa shape index (κ3) is 6.60. The quantitative estimate of drug-likeness (QED) is 0.594. The van der Waals surface area contributed by atoms with E-state index in [1.54, 1.807) is 4.90 Å². The number of piperidine rings is 3. The molecule has 0 N–H and O–H groups in total. The number of ether oxygens (including phenoxy) is 2. The first-order valence-corrected chi connectivity index (χ1v) is 12.2. The Morgan fingerprint density at radius 1 is 0.636 bits per heavy atom. The molecule has 33 heavy (non-hydrogen) atoms. The first-order chi connectivity index (χ1) is 15.6. The molecule has 3 saturated heterocycles. The minimum absolute atomic E-state index is 0.0576. The fourth-order valence-electron chi connectivity index (χ4n) is 5.00. The molecule has 3 heterocycles. The predicted octanol–water partition coefficient (Wildman–Crippen LogP) is 2.28. The summed E-state index contributed by atoms with van der Waals surface area (Å²) in [5.41, 5.74) is -0.525. The van der Waals surface area contributed by atoms with Crippen LogP contribution in [0.15, 0.2) is 0 Å². The summed E-state index contributed by atoms with van der Waals surface area (Å²) in [6.45, 7) is 8.98. The highest BCUT2D eigenvalue weighted by molar-refractivity contribution is 5.82. The smallest absolute Gasteiger partial charge is 0.410 e. The molecule has 0 spiro atoms. The van der Waals surface area contributed by atoms with E-state index in [0.717, 1.165) is 0 Å². The molecule has 9 heteroatoms. The lowest BCUT2D eigenvalue weighted by atomic mass is 9.90. The van der Waals surface area contributed by atoms with Crippen molar-refractivity contribution in [3.8, 4) is 0 Å². The van der Waals surface area contributed by atoms with Crippen LogP contribution in [0.2, 0.25) is 0 Å². The van der Waals surface area contributed by atoms with E-state index in [1.807, 2.05) is 30.6 Å². The van der Waals surface area contributed by atoms with Crippen LogP contribution < -0.4 is 0 Å². The Hall–Kier alpha value is -2.32. The molecular weight excluding hydrogens is 426 g/mol. The summed E-state index contributed by atoms with van der Waals surface area (Å²) in [6, 6.07) is 0. The second-order valence-electron chi connectivity index (χ2n) is 10.5. The van der Waals surface area contributed by atoms with Crippen molar-refractivity contribution in [2.75, 3.05) is 46.4 Å². The minimum Gasteiger partial charge on any atom is -0.469 e. The number of carbonyl (C=O) groups excluding carboxylic acids is 4. The van der Waals surface area contributed by atoms with Gasteiger partial charge < -0.3 is 24.2 Å². The molecule has 3 rings (SSSR count). The van der Waals surface area contributed by atoms with Crippen LogP contribution >= 0.6 is 0 Å². The third-order valence-electron chi connectivity index (χ3n) is 6.99. The molecule has 3 amide bonds. The Morgan fingerprint density at radius 2 is 1.00 bits per heavy atom. The summed E-state index contributed by atoms with van der Waals surface area (Å²) < 4.78 is 10.2. The van der Waals surface area contributed by atoms with Crippen LogP contribution in [0.25, 0.3) is 0 Å². The van der Waals surface area contributed by atoms with Gasteiger partial charge in [-0.05, 0) is 59.3 Å². The topological polar surface area (TPSA) is 96.5 Å². The van der Waals surface area contributed by atoms with Crippen molar-refractivity contribution in [2.45, 2.75) is 64.9 Å². The molecule has 0 aromatic heterocycles. The lowest BCUT2D eigenvalue weighted by molar-refractivity contribution is -0.150. The molecule has 3 fully saturated rings. The Labute approximate surface area is 196 Å². The van der Waals surface area contributed by atoms with Gasteiger partial charge in [0.05, 0.1) is 13.0 Å². The highest BCUT2D eigenvalue weighted by Crippen LogP contribution is 2.27. The van der Waals surface area contributed by atoms with E-state index in [-0.39, 0.29) is 41.6 Å². The lowest BCUT2D eigenvalue weighted by Gasteiger charge is -2.39. The summed E-state index contributed by atoms with van der Waals surface area (Å²) in [4.78, 5) is 55.3. The number of carbonyl (C=O) groups is 4. The molecule has 0 aliphatic carbocycles. The fourth-order valence-corrected chi connectivity index (χ4v) is 5.00. The van der Waals surface area contributed by atoms with Crippen LogP contribution in [0.3, 0.4) is 0 Å². The average molecular weight is 466 g/mol. The van der Waals surface area contributed by atoms with E-state index in [2.05, 4.69) is 0 Å². The molecule has 0 aromatic carbocycles. The van der Waals surface area contributed by atoms with Crippen LogP contribution in [-0.4, -0.2) is 90.6 Å². The van der Waals surface area contributed by atoms with Crippen LogP contribution in [-0.2, 0) is 23.9 Å². The average Bonchev–Trinajstić information content (AvgIpc) is 2.82. The van der Waals surface area contributed by atoms with Crippen molar-refractivity contribution in [2.24, 2.45) is 17.8 Å². The molecule has 3 aliphatic heterocycles. The minimum atomic E-state index is -0.525. The maximum atomic E-state index is 13.0. The first kappa shape index (κ1) is 25.3. The molecular formula is C24H39N3O6. The molecule has 9 nitrogen and oxygen atoms in total. The summed E-state index contributed by atoms with van der Waals surface area (Å²) in [5.74, 6) is -0.142. The molecule has 186 valence electrons. The van der Waals surface area contributed by atoms with Crippen molar-refractivity contribution in [1.82, 2.24) is 14.7 Å². The second kappa shape index (κ2) is 10.7. The number of esters is 1. The van der Waals surface area contributed by atoms with E-state index in [0.29, 0.717) is 77.8 Å². The zero-order valence-corrected chi connectivity index (χ0v) is 20.5. The van der Waals surface area contributed by atoms with Gasteiger partial charge in [-0.1, -0.05) is 0 Å². The summed E-state index contributed by atoms with van der Waals surface area (Å²) in [6.07, 6.45) is 3.63. The maximum Gasteiger partial charge on any atom is 0.410 e. The largest absolute Gasteiger partial charge is 0.469 e. The summed E-state index contributed by atoms with van der Waals surface area (Å²) >= 11 is 0.